The van der Waals surface area contributed by atoms with Gasteiger partial charge in [-0.15, -0.1) is 5.10 Å². The van der Waals surface area contributed by atoms with Crippen molar-refractivity contribution in [2.45, 2.75) is 71.0 Å². The molecule has 0 radical (unpaired) electrons. The number of hydrogen-bond acceptors (Lipinski definition) is 6. The van der Waals surface area contributed by atoms with Crippen LogP contribution in [0.2, 0.25) is 0 Å². The SMILES string of the molecule is CCn1c(=O)n(C(C)c2ccccc2)c(=O)c2c1nc(C1CCCCC1)n2Cc1ccc(-c2ccccc2-c2nnn[nH]2)cc1. The summed E-state index contributed by atoms with van der Waals surface area (Å²) in [5.41, 5.74) is 5.28. The fourth-order valence-electron chi connectivity index (χ4n) is 6.80. The van der Waals surface area contributed by atoms with Gasteiger partial charge in [-0.1, -0.05) is 98.1 Å². The van der Waals surface area contributed by atoms with Gasteiger partial charge in [0.1, 0.15) is 5.82 Å². The summed E-state index contributed by atoms with van der Waals surface area (Å²) in [6.45, 7) is 4.76. The number of hydrogen-bond donors (Lipinski definition) is 1. The van der Waals surface area contributed by atoms with Crippen molar-refractivity contribution in [3.8, 4) is 22.5 Å². The van der Waals surface area contributed by atoms with Crippen LogP contribution < -0.4 is 11.2 Å². The maximum absolute atomic E-state index is 14.4. The molecule has 1 aliphatic rings. The monoisotopic (exact) mass is 600 g/mol. The van der Waals surface area contributed by atoms with Crippen molar-refractivity contribution >= 4 is 11.2 Å². The van der Waals surface area contributed by atoms with Crippen molar-refractivity contribution in [3.05, 3.63) is 117 Å². The molecule has 0 aliphatic heterocycles. The van der Waals surface area contributed by atoms with Crippen LogP contribution in [-0.2, 0) is 13.1 Å². The maximum atomic E-state index is 14.4. The Morgan fingerprint density at radius 1 is 0.867 bits per heavy atom. The van der Waals surface area contributed by atoms with Gasteiger partial charge in [0.05, 0.1) is 6.04 Å². The second-order valence-electron chi connectivity index (χ2n) is 11.8. The number of imidazole rings is 1. The van der Waals surface area contributed by atoms with E-state index >= 15 is 0 Å². The van der Waals surface area contributed by atoms with E-state index < -0.39 is 6.04 Å². The van der Waals surface area contributed by atoms with Gasteiger partial charge in [-0.2, -0.15) is 0 Å². The largest absolute Gasteiger partial charge is 0.333 e. The van der Waals surface area contributed by atoms with E-state index in [0.29, 0.717) is 30.1 Å². The Bertz CT molecular complexity index is 2050. The molecule has 6 aromatic rings. The first-order valence-electron chi connectivity index (χ1n) is 15.8. The van der Waals surface area contributed by atoms with Crippen LogP contribution in [0.5, 0.6) is 0 Å². The number of nitrogens with one attached hydrogen (secondary N) is 1. The Labute approximate surface area is 260 Å². The minimum atomic E-state index is -0.422. The highest BCUT2D eigenvalue weighted by molar-refractivity contribution is 5.80. The van der Waals surface area contributed by atoms with Crippen molar-refractivity contribution < 1.29 is 0 Å². The van der Waals surface area contributed by atoms with Gasteiger partial charge in [-0.25, -0.2) is 14.9 Å². The number of rotatable bonds is 8. The minimum Gasteiger partial charge on any atom is -0.317 e. The van der Waals surface area contributed by atoms with Gasteiger partial charge in [0, 0.05) is 24.6 Å². The molecule has 1 atom stereocenters. The van der Waals surface area contributed by atoms with Crippen molar-refractivity contribution in [2.75, 3.05) is 0 Å². The third kappa shape index (κ3) is 5.20. The predicted molar refractivity (Wildman–Crippen MR) is 174 cm³/mol. The lowest BCUT2D eigenvalue weighted by atomic mass is 9.88. The molecule has 1 aliphatic carbocycles. The van der Waals surface area contributed by atoms with Crippen LogP contribution in [0.1, 0.15) is 74.9 Å². The molecule has 1 N–H and O–H groups in total. The summed E-state index contributed by atoms with van der Waals surface area (Å²) >= 11 is 0. The standard InChI is InChI=1S/C35H36N8O2/c1-3-41-33-30(34(44)43(35(41)45)23(2)25-12-6-4-7-13-25)42(32(36-33)27-14-8-5-9-15-27)22-24-18-20-26(21-19-24)28-16-10-11-17-29(28)31-37-39-40-38-31/h4,6-7,10-13,16-21,23,27H,3,5,8-9,14-15,22H2,1-2H3,(H,37,38,39,40). The molecular weight excluding hydrogens is 564 g/mol. The van der Waals surface area contributed by atoms with Gasteiger partial charge in [0.25, 0.3) is 5.56 Å². The molecule has 45 heavy (non-hydrogen) atoms. The lowest BCUT2D eigenvalue weighted by Gasteiger charge is -2.22. The summed E-state index contributed by atoms with van der Waals surface area (Å²) in [7, 11) is 0. The molecule has 0 saturated heterocycles. The zero-order valence-electron chi connectivity index (χ0n) is 25.6. The van der Waals surface area contributed by atoms with Gasteiger partial charge < -0.3 is 4.57 Å². The number of fused-ring (bicyclic) bond motifs is 1. The summed E-state index contributed by atoms with van der Waals surface area (Å²) in [5, 5.41) is 14.5. The number of aromatic nitrogens is 8. The molecule has 3 aromatic carbocycles. The van der Waals surface area contributed by atoms with Gasteiger partial charge in [-0.3, -0.25) is 13.9 Å². The normalized spacial score (nSPS) is 14.6. The first kappa shape index (κ1) is 28.6. The Morgan fingerprint density at radius 3 is 2.27 bits per heavy atom. The summed E-state index contributed by atoms with van der Waals surface area (Å²) < 4.78 is 5.16. The molecule has 1 unspecified atom stereocenters. The number of H-pyrrole nitrogens is 1. The Kier molecular flexibility index (Phi) is 7.71. The fraction of sp³-hybridized carbons (Fsp3) is 0.314. The lowest BCUT2D eigenvalue weighted by molar-refractivity contribution is 0.419. The Balaban J connectivity index is 1.35. The lowest BCUT2D eigenvalue weighted by Crippen LogP contribution is -2.42. The summed E-state index contributed by atoms with van der Waals surface area (Å²) in [6.07, 6.45) is 5.54. The summed E-state index contributed by atoms with van der Waals surface area (Å²) in [6, 6.07) is 25.7. The van der Waals surface area contributed by atoms with Crippen LogP contribution in [0.4, 0.5) is 0 Å². The van der Waals surface area contributed by atoms with Crippen molar-refractivity contribution in [3.63, 3.8) is 0 Å². The van der Waals surface area contributed by atoms with Gasteiger partial charge in [0.15, 0.2) is 17.0 Å². The molecule has 0 spiro atoms. The molecule has 1 fully saturated rings. The second-order valence-corrected chi connectivity index (χ2v) is 11.8. The van der Waals surface area contributed by atoms with E-state index in [1.807, 2.05) is 62.4 Å². The highest BCUT2D eigenvalue weighted by Gasteiger charge is 2.28. The zero-order chi connectivity index (χ0) is 30.9. The molecule has 0 bridgehead atoms. The smallest absolute Gasteiger partial charge is 0.317 e. The zero-order valence-corrected chi connectivity index (χ0v) is 25.6. The van der Waals surface area contributed by atoms with Crippen LogP contribution in [-0.4, -0.2) is 39.3 Å². The first-order chi connectivity index (χ1) is 22.0. The molecule has 1 saturated carbocycles. The highest BCUT2D eigenvalue weighted by Crippen LogP contribution is 2.34. The van der Waals surface area contributed by atoms with Crippen LogP contribution in [0.15, 0.2) is 88.5 Å². The van der Waals surface area contributed by atoms with Gasteiger partial charge in [-0.05, 0) is 59.4 Å². The van der Waals surface area contributed by atoms with E-state index in [2.05, 4.69) is 55.5 Å². The van der Waals surface area contributed by atoms with Crippen molar-refractivity contribution in [1.82, 2.24) is 39.3 Å². The molecule has 0 amide bonds. The third-order valence-corrected chi connectivity index (χ3v) is 9.18. The quantitative estimate of drug-likeness (QED) is 0.231. The molecule has 228 valence electrons. The average Bonchev–Trinajstić information content (AvgIpc) is 3.75. The van der Waals surface area contributed by atoms with E-state index in [1.165, 1.54) is 11.0 Å². The molecule has 7 rings (SSSR count). The number of tetrazole rings is 1. The topological polar surface area (TPSA) is 116 Å². The van der Waals surface area contributed by atoms with Crippen LogP contribution in [0, 0.1) is 0 Å². The second kappa shape index (κ2) is 12.1. The number of aromatic amines is 1. The van der Waals surface area contributed by atoms with E-state index in [1.54, 1.807) is 4.57 Å². The Morgan fingerprint density at radius 2 is 1.58 bits per heavy atom. The third-order valence-electron chi connectivity index (χ3n) is 9.18. The average molecular weight is 601 g/mol. The van der Waals surface area contributed by atoms with Crippen LogP contribution >= 0.6 is 0 Å². The van der Waals surface area contributed by atoms with E-state index in [0.717, 1.165) is 59.3 Å². The van der Waals surface area contributed by atoms with Crippen molar-refractivity contribution in [1.29, 1.82) is 0 Å². The molecular formula is C35H36N8O2. The highest BCUT2D eigenvalue weighted by atomic mass is 16.2. The fourth-order valence-corrected chi connectivity index (χ4v) is 6.80. The first-order valence-corrected chi connectivity index (χ1v) is 15.8. The Hall–Kier alpha value is -5.12. The summed E-state index contributed by atoms with van der Waals surface area (Å²) in [5.74, 6) is 1.76. The number of aryl methyl sites for hydroxylation is 1. The van der Waals surface area contributed by atoms with Crippen molar-refractivity contribution in [2.24, 2.45) is 0 Å². The number of benzene rings is 3. The predicted octanol–water partition coefficient (Wildman–Crippen LogP) is 5.93. The molecule has 3 aromatic heterocycles. The number of nitrogens with zero attached hydrogens (tertiary/aromatic N) is 7. The minimum absolute atomic E-state index is 0.243. The van der Waals surface area contributed by atoms with Crippen LogP contribution in [0.3, 0.4) is 0 Å². The van der Waals surface area contributed by atoms with E-state index in [-0.39, 0.29) is 17.2 Å². The van der Waals surface area contributed by atoms with Crippen LogP contribution in [0.25, 0.3) is 33.7 Å². The molecule has 10 nitrogen and oxygen atoms in total. The van der Waals surface area contributed by atoms with Gasteiger partial charge in [0.2, 0.25) is 0 Å². The van der Waals surface area contributed by atoms with E-state index in [9.17, 15) is 9.59 Å². The molecule has 3 heterocycles. The molecule has 10 heteroatoms. The summed E-state index contributed by atoms with van der Waals surface area (Å²) in [4.78, 5) is 33.3. The van der Waals surface area contributed by atoms with E-state index in [4.69, 9.17) is 4.98 Å². The maximum Gasteiger partial charge on any atom is 0.333 e. The van der Waals surface area contributed by atoms with Gasteiger partial charge >= 0.3 is 5.69 Å².